The molecule has 0 spiro atoms. The average Bonchev–Trinajstić information content (AvgIpc) is 3.14. The van der Waals surface area contributed by atoms with Crippen molar-refractivity contribution in [2.24, 2.45) is 5.73 Å². The fraction of sp³-hybridized carbons (Fsp3) is 0.211. The van der Waals surface area contributed by atoms with Crippen molar-refractivity contribution in [1.82, 2.24) is 10.6 Å². The molecule has 1 heterocycles. The summed E-state index contributed by atoms with van der Waals surface area (Å²) in [5.74, 6) is -0.557. The summed E-state index contributed by atoms with van der Waals surface area (Å²) in [6.45, 7) is -0.0143. The van der Waals surface area contributed by atoms with Gasteiger partial charge in [-0.15, -0.1) is 0 Å². The molecule has 0 bridgehead atoms. The predicted octanol–water partition coefficient (Wildman–Crippen LogP) is 1.10. The number of nitrogens with two attached hydrogens (primary N) is 1. The third-order valence-corrected chi connectivity index (χ3v) is 4.84. The zero-order valence-corrected chi connectivity index (χ0v) is 13.9. The summed E-state index contributed by atoms with van der Waals surface area (Å²) in [4.78, 5) is 36.8. The minimum atomic E-state index is -0.457. The first-order valence-electron chi connectivity index (χ1n) is 8.38. The van der Waals surface area contributed by atoms with E-state index in [2.05, 4.69) is 10.6 Å². The Bertz CT molecular complexity index is 894. The predicted molar refractivity (Wildman–Crippen MR) is 95.7 cm³/mol. The van der Waals surface area contributed by atoms with E-state index < -0.39 is 6.03 Å². The van der Waals surface area contributed by atoms with Crippen LogP contribution in [0.2, 0.25) is 0 Å². The number of anilines is 1. The zero-order chi connectivity index (χ0) is 18.3. The highest BCUT2D eigenvalue weighted by Crippen LogP contribution is 2.29. The maximum atomic E-state index is 12.5. The first kappa shape index (κ1) is 16.3. The Kier molecular flexibility index (Phi) is 3.93. The van der Waals surface area contributed by atoms with Crippen molar-refractivity contribution in [2.75, 3.05) is 11.4 Å². The first-order valence-corrected chi connectivity index (χ1v) is 8.38. The number of carbonyl (C=O) groups is 3. The van der Waals surface area contributed by atoms with Crippen LogP contribution in [-0.2, 0) is 11.2 Å². The van der Waals surface area contributed by atoms with Crippen molar-refractivity contribution in [3.63, 3.8) is 0 Å². The van der Waals surface area contributed by atoms with Crippen LogP contribution >= 0.6 is 0 Å². The van der Waals surface area contributed by atoms with Gasteiger partial charge in [0, 0.05) is 11.3 Å². The van der Waals surface area contributed by atoms with Gasteiger partial charge in [0.05, 0.1) is 12.1 Å². The van der Waals surface area contributed by atoms with E-state index in [1.807, 2.05) is 24.3 Å². The van der Waals surface area contributed by atoms with Gasteiger partial charge in [0.2, 0.25) is 5.91 Å². The number of amides is 4. The topological polar surface area (TPSA) is 105 Å². The van der Waals surface area contributed by atoms with E-state index in [4.69, 9.17) is 5.73 Å². The smallest absolute Gasteiger partial charge is 0.329 e. The van der Waals surface area contributed by atoms with Crippen molar-refractivity contribution >= 4 is 23.5 Å². The van der Waals surface area contributed by atoms with Crippen LogP contribution in [0, 0.1) is 0 Å². The Morgan fingerprint density at radius 2 is 1.85 bits per heavy atom. The molecule has 1 saturated heterocycles. The monoisotopic (exact) mass is 350 g/mol. The van der Waals surface area contributed by atoms with Gasteiger partial charge in [0.1, 0.15) is 6.54 Å². The van der Waals surface area contributed by atoms with E-state index in [1.165, 1.54) is 4.90 Å². The lowest BCUT2D eigenvalue weighted by molar-refractivity contribution is -0.117. The van der Waals surface area contributed by atoms with Crippen molar-refractivity contribution in [3.8, 4) is 0 Å². The third kappa shape index (κ3) is 2.82. The molecule has 2 aromatic carbocycles. The second-order valence-corrected chi connectivity index (χ2v) is 6.50. The number of fused-ring (bicyclic) bond motifs is 1. The number of hydrogen-bond donors (Lipinski definition) is 3. The highest BCUT2D eigenvalue weighted by molar-refractivity contribution is 6.12. The van der Waals surface area contributed by atoms with Crippen LogP contribution < -0.4 is 21.3 Å². The fourth-order valence-corrected chi connectivity index (χ4v) is 3.46. The number of imide groups is 1. The molecule has 4 amide bonds. The lowest BCUT2D eigenvalue weighted by Crippen LogP contribution is -2.40. The molecule has 1 aliphatic carbocycles. The number of urea groups is 1. The second-order valence-electron chi connectivity index (χ2n) is 6.50. The Balaban J connectivity index is 1.45. The summed E-state index contributed by atoms with van der Waals surface area (Å²) in [6.07, 6.45) is 0.706. The molecule has 0 aromatic heterocycles. The molecular formula is C19H18N4O3. The molecule has 2 aromatic rings. The number of nitrogens with one attached hydrogen (secondary N) is 2. The number of nitrogens with zero attached hydrogens (tertiary/aromatic N) is 1. The summed E-state index contributed by atoms with van der Waals surface area (Å²) >= 11 is 0. The molecule has 1 fully saturated rings. The van der Waals surface area contributed by atoms with E-state index in [0.717, 1.165) is 11.1 Å². The lowest BCUT2D eigenvalue weighted by Gasteiger charge is -2.18. The molecule has 2 aliphatic rings. The van der Waals surface area contributed by atoms with Crippen LogP contribution in [0.5, 0.6) is 0 Å². The molecule has 1 aliphatic heterocycles. The van der Waals surface area contributed by atoms with Gasteiger partial charge in [-0.25, -0.2) is 4.79 Å². The van der Waals surface area contributed by atoms with Gasteiger partial charge >= 0.3 is 6.03 Å². The van der Waals surface area contributed by atoms with Gasteiger partial charge in [-0.05, 0) is 41.8 Å². The summed E-state index contributed by atoms with van der Waals surface area (Å²) in [6, 6.07) is 13.7. The molecule has 4 N–H and O–H groups in total. The Labute approximate surface area is 150 Å². The Morgan fingerprint density at radius 1 is 1.12 bits per heavy atom. The largest absolute Gasteiger partial charge is 0.347 e. The van der Waals surface area contributed by atoms with Crippen LogP contribution in [0.1, 0.15) is 27.5 Å². The van der Waals surface area contributed by atoms with Crippen LogP contribution in [-0.4, -0.2) is 30.4 Å². The van der Waals surface area contributed by atoms with Gasteiger partial charge in [-0.1, -0.05) is 24.3 Å². The van der Waals surface area contributed by atoms with E-state index >= 15 is 0 Å². The average molecular weight is 350 g/mol. The number of carbonyl (C=O) groups excluding carboxylic acids is 3. The first-order chi connectivity index (χ1) is 12.5. The lowest BCUT2D eigenvalue weighted by atomic mass is 10.1. The molecular weight excluding hydrogens is 332 g/mol. The Morgan fingerprint density at radius 3 is 2.50 bits per heavy atom. The van der Waals surface area contributed by atoms with Gasteiger partial charge in [-0.2, -0.15) is 0 Å². The third-order valence-electron chi connectivity index (χ3n) is 4.84. The zero-order valence-electron chi connectivity index (χ0n) is 13.9. The summed E-state index contributed by atoms with van der Waals surface area (Å²) < 4.78 is 0. The SMILES string of the molecule is N[C@H]1c2ccccc2C[C@@H]1NC(=O)c1ccc(N2CC(=O)NC2=O)cc1. The molecule has 0 saturated carbocycles. The summed E-state index contributed by atoms with van der Waals surface area (Å²) in [7, 11) is 0. The Hall–Kier alpha value is -3.19. The van der Waals surface area contributed by atoms with Gasteiger partial charge < -0.3 is 11.1 Å². The van der Waals surface area contributed by atoms with E-state index in [0.29, 0.717) is 17.7 Å². The molecule has 7 heteroatoms. The summed E-state index contributed by atoms with van der Waals surface area (Å²) in [5.41, 5.74) is 9.52. The standard InChI is InChI=1S/C19H18N4O3/c20-17-14-4-2-1-3-12(14)9-15(17)21-18(25)11-5-7-13(8-6-11)23-10-16(24)22-19(23)26/h1-8,15,17H,9-10,20H2,(H,21,25)(H,22,24,26)/t15-,17-/m0/s1. The molecule has 0 unspecified atom stereocenters. The normalized spacial score (nSPS) is 21.5. The van der Waals surface area contributed by atoms with Crippen LogP contribution in [0.3, 0.4) is 0 Å². The van der Waals surface area contributed by atoms with Gasteiger partial charge in [0.15, 0.2) is 0 Å². The minimum absolute atomic E-state index is 0.0143. The van der Waals surface area contributed by atoms with E-state index in [-0.39, 0.29) is 30.4 Å². The quantitative estimate of drug-likeness (QED) is 0.721. The number of hydrogen-bond acceptors (Lipinski definition) is 4. The van der Waals surface area contributed by atoms with E-state index in [9.17, 15) is 14.4 Å². The van der Waals surface area contributed by atoms with Gasteiger partial charge in [-0.3, -0.25) is 19.8 Å². The van der Waals surface area contributed by atoms with E-state index in [1.54, 1.807) is 24.3 Å². The van der Waals surface area contributed by atoms with Crippen LogP contribution in [0.4, 0.5) is 10.5 Å². The minimum Gasteiger partial charge on any atom is -0.347 e. The van der Waals surface area contributed by atoms with Crippen LogP contribution in [0.15, 0.2) is 48.5 Å². The maximum absolute atomic E-state index is 12.5. The highest BCUT2D eigenvalue weighted by atomic mass is 16.2. The van der Waals surface area contributed by atoms with Crippen molar-refractivity contribution in [1.29, 1.82) is 0 Å². The maximum Gasteiger partial charge on any atom is 0.329 e. The molecule has 26 heavy (non-hydrogen) atoms. The van der Waals surface area contributed by atoms with Crippen molar-refractivity contribution in [3.05, 3.63) is 65.2 Å². The van der Waals surface area contributed by atoms with Crippen molar-refractivity contribution < 1.29 is 14.4 Å². The molecule has 0 radical (unpaired) electrons. The van der Waals surface area contributed by atoms with Crippen LogP contribution in [0.25, 0.3) is 0 Å². The number of benzene rings is 2. The van der Waals surface area contributed by atoms with Gasteiger partial charge in [0.25, 0.3) is 5.91 Å². The van der Waals surface area contributed by atoms with Crippen molar-refractivity contribution in [2.45, 2.75) is 18.5 Å². The molecule has 2 atom stereocenters. The molecule has 132 valence electrons. The molecule has 7 nitrogen and oxygen atoms in total. The fourth-order valence-electron chi connectivity index (χ4n) is 3.46. The summed E-state index contributed by atoms with van der Waals surface area (Å²) in [5, 5.41) is 5.21. The molecule has 4 rings (SSSR count). The highest BCUT2D eigenvalue weighted by Gasteiger charge is 2.31. The number of rotatable bonds is 3. The second kappa shape index (κ2) is 6.27.